The van der Waals surface area contributed by atoms with Crippen LogP contribution in [0.5, 0.6) is 0 Å². The molecule has 0 spiro atoms. The summed E-state index contributed by atoms with van der Waals surface area (Å²) in [6.07, 6.45) is 10.9. The molecule has 3 rings (SSSR count). The molecule has 0 radical (unpaired) electrons. The highest BCUT2D eigenvalue weighted by Crippen LogP contribution is 2.32. The van der Waals surface area contributed by atoms with Crippen LogP contribution in [-0.2, 0) is 13.1 Å². The van der Waals surface area contributed by atoms with Crippen LogP contribution in [-0.4, -0.2) is 37.7 Å². The van der Waals surface area contributed by atoms with Crippen molar-refractivity contribution in [3.8, 4) is 0 Å². The van der Waals surface area contributed by atoms with Crippen LogP contribution in [0.3, 0.4) is 0 Å². The van der Waals surface area contributed by atoms with Gasteiger partial charge < -0.3 is 0 Å². The van der Waals surface area contributed by atoms with Crippen LogP contribution in [0.15, 0.2) is 0 Å². The first-order valence-corrected chi connectivity index (χ1v) is 8.36. The van der Waals surface area contributed by atoms with E-state index in [1.807, 2.05) is 4.68 Å². The van der Waals surface area contributed by atoms with Crippen LogP contribution in [0.4, 0.5) is 0 Å². The minimum atomic E-state index is 0.795. The minimum Gasteiger partial charge on any atom is -0.293 e. The number of aryl methyl sites for hydroxylation is 1. The van der Waals surface area contributed by atoms with Gasteiger partial charge in [-0.25, -0.2) is 4.68 Å². The van der Waals surface area contributed by atoms with E-state index in [9.17, 15) is 0 Å². The third-order valence-corrected chi connectivity index (χ3v) is 4.67. The molecule has 5 heteroatoms. The van der Waals surface area contributed by atoms with E-state index in [-0.39, 0.29) is 0 Å². The average Bonchev–Trinajstić information content (AvgIpc) is 3.23. The molecule has 1 aromatic heterocycles. The number of aromatic nitrogens is 4. The summed E-state index contributed by atoms with van der Waals surface area (Å²) in [6.45, 7) is 5.30. The minimum absolute atomic E-state index is 0.795. The second-order valence-corrected chi connectivity index (χ2v) is 6.48. The van der Waals surface area contributed by atoms with Crippen molar-refractivity contribution in [1.82, 2.24) is 25.1 Å². The summed E-state index contributed by atoms with van der Waals surface area (Å²) in [5.74, 6) is 1.95. The summed E-state index contributed by atoms with van der Waals surface area (Å²) < 4.78 is 1.98. The Bertz CT molecular complexity index is 406. The molecule has 112 valence electrons. The lowest BCUT2D eigenvalue weighted by Crippen LogP contribution is -2.33. The molecule has 0 aliphatic heterocycles. The number of hydrogen-bond donors (Lipinski definition) is 0. The highest BCUT2D eigenvalue weighted by molar-refractivity contribution is 4.91. The number of hydrogen-bond acceptors (Lipinski definition) is 4. The summed E-state index contributed by atoms with van der Waals surface area (Å²) in [6, 6.07) is 0.795. The molecule has 0 aromatic carbocycles. The third-order valence-electron chi connectivity index (χ3n) is 4.67. The van der Waals surface area contributed by atoms with Crippen LogP contribution in [0.25, 0.3) is 0 Å². The molecule has 0 atom stereocenters. The highest BCUT2D eigenvalue weighted by Gasteiger charge is 2.32. The predicted molar refractivity (Wildman–Crippen MR) is 78.1 cm³/mol. The van der Waals surface area contributed by atoms with Crippen molar-refractivity contribution in [1.29, 1.82) is 0 Å². The SMILES string of the molecule is CCCn1nnnc1CN(CC1CCCCC1)C1CC1. The normalized spacial score (nSPS) is 20.7. The predicted octanol–water partition coefficient (Wildman–Crippen LogP) is 2.63. The zero-order valence-corrected chi connectivity index (χ0v) is 12.7. The molecule has 0 bridgehead atoms. The first kappa shape index (κ1) is 14.0. The van der Waals surface area contributed by atoms with E-state index < -0.39 is 0 Å². The van der Waals surface area contributed by atoms with Gasteiger partial charge in [0.1, 0.15) is 0 Å². The number of tetrazole rings is 1. The Labute approximate surface area is 121 Å². The van der Waals surface area contributed by atoms with Gasteiger partial charge in [0.05, 0.1) is 6.54 Å². The Balaban J connectivity index is 1.60. The van der Waals surface area contributed by atoms with Crippen molar-refractivity contribution in [3.63, 3.8) is 0 Å². The number of rotatable bonds is 7. The summed E-state index contributed by atoms with van der Waals surface area (Å²) in [5, 5.41) is 12.2. The molecular formula is C15H27N5. The Morgan fingerprint density at radius 2 is 1.95 bits per heavy atom. The van der Waals surface area contributed by atoms with Gasteiger partial charge in [0.2, 0.25) is 0 Å². The molecule has 5 nitrogen and oxygen atoms in total. The van der Waals surface area contributed by atoms with Gasteiger partial charge in [-0.05, 0) is 48.4 Å². The Kier molecular flexibility index (Phi) is 4.65. The summed E-state index contributed by atoms with van der Waals surface area (Å²) >= 11 is 0. The monoisotopic (exact) mass is 277 g/mol. The van der Waals surface area contributed by atoms with E-state index in [4.69, 9.17) is 0 Å². The lowest BCUT2D eigenvalue weighted by molar-refractivity contribution is 0.179. The van der Waals surface area contributed by atoms with Crippen molar-refractivity contribution < 1.29 is 0 Å². The van der Waals surface area contributed by atoms with Gasteiger partial charge >= 0.3 is 0 Å². The molecule has 2 fully saturated rings. The van der Waals surface area contributed by atoms with Crippen molar-refractivity contribution in [2.24, 2.45) is 5.92 Å². The van der Waals surface area contributed by atoms with Gasteiger partial charge in [0, 0.05) is 19.1 Å². The molecule has 0 unspecified atom stereocenters. The van der Waals surface area contributed by atoms with Gasteiger partial charge in [-0.2, -0.15) is 0 Å². The molecule has 1 aromatic rings. The van der Waals surface area contributed by atoms with E-state index in [1.165, 1.54) is 51.5 Å². The largest absolute Gasteiger partial charge is 0.293 e. The van der Waals surface area contributed by atoms with Crippen LogP contribution < -0.4 is 0 Å². The molecule has 0 N–H and O–H groups in total. The van der Waals surface area contributed by atoms with Gasteiger partial charge in [0.25, 0.3) is 0 Å². The molecule has 2 aliphatic carbocycles. The zero-order chi connectivity index (χ0) is 13.8. The van der Waals surface area contributed by atoms with E-state index >= 15 is 0 Å². The molecular weight excluding hydrogens is 250 g/mol. The van der Waals surface area contributed by atoms with Crippen molar-refractivity contribution in [3.05, 3.63) is 5.82 Å². The van der Waals surface area contributed by atoms with Crippen molar-refractivity contribution >= 4 is 0 Å². The standard InChI is InChI=1S/C15H27N5/c1-2-10-20-15(16-17-18-20)12-19(14-8-9-14)11-13-6-4-3-5-7-13/h13-14H,2-12H2,1H3. The Hall–Kier alpha value is -0.970. The average molecular weight is 277 g/mol. The third kappa shape index (κ3) is 3.57. The number of nitrogens with zero attached hydrogens (tertiary/aromatic N) is 5. The van der Waals surface area contributed by atoms with Crippen LogP contribution in [0, 0.1) is 5.92 Å². The van der Waals surface area contributed by atoms with E-state index in [2.05, 4.69) is 27.3 Å². The molecule has 2 aliphatic rings. The van der Waals surface area contributed by atoms with Crippen LogP contribution in [0.2, 0.25) is 0 Å². The lowest BCUT2D eigenvalue weighted by Gasteiger charge is -2.29. The molecule has 0 amide bonds. The lowest BCUT2D eigenvalue weighted by atomic mass is 9.89. The van der Waals surface area contributed by atoms with Crippen LogP contribution in [0.1, 0.15) is 64.1 Å². The van der Waals surface area contributed by atoms with Crippen LogP contribution >= 0.6 is 0 Å². The summed E-state index contributed by atoms with van der Waals surface area (Å²) in [4.78, 5) is 2.65. The smallest absolute Gasteiger partial charge is 0.165 e. The van der Waals surface area contributed by atoms with Crippen molar-refractivity contribution in [2.45, 2.75) is 77.4 Å². The topological polar surface area (TPSA) is 46.8 Å². The first-order valence-electron chi connectivity index (χ1n) is 8.36. The maximum Gasteiger partial charge on any atom is 0.165 e. The molecule has 2 saturated carbocycles. The van der Waals surface area contributed by atoms with Gasteiger partial charge in [-0.3, -0.25) is 4.90 Å². The van der Waals surface area contributed by atoms with Crippen molar-refractivity contribution in [2.75, 3.05) is 6.54 Å². The fourth-order valence-electron chi connectivity index (χ4n) is 3.39. The maximum atomic E-state index is 4.24. The summed E-state index contributed by atoms with van der Waals surface area (Å²) in [5.41, 5.74) is 0. The molecule has 1 heterocycles. The Morgan fingerprint density at radius 3 is 2.65 bits per heavy atom. The summed E-state index contributed by atoms with van der Waals surface area (Å²) in [7, 11) is 0. The second kappa shape index (κ2) is 6.66. The Morgan fingerprint density at radius 1 is 1.15 bits per heavy atom. The van der Waals surface area contributed by atoms with Gasteiger partial charge in [-0.1, -0.05) is 26.2 Å². The fraction of sp³-hybridized carbons (Fsp3) is 0.933. The highest BCUT2D eigenvalue weighted by atomic mass is 15.5. The first-order chi connectivity index (χ1) is 9.86. The quantitative estimate of drug-likeness (QED) is 0.768. The van der Waals surface area contributed by atoms with E-state index in [0.29, 0.717) is 0 Å². The van der Waals surface area contributed by atoms with Gasteiger partial charge in [-0.15, -0.1) is 5.10 Å². The fourth-order valence-corrected chi connectivity index (χ4v) is 3.39. The van der Waals surface area contributed by atoms with E-state index in [0.717, 1.165) is 37.3 Å². The van der Waals surface area contributed by atoms with Gasteiger partial charge in [0.15, 0.2) is 5.82 Å². The molecule has 20 heavy (non-hydrogen) atoms. The van der Waals surface area contributed by atoms with E-state index in [1.54, 1.807) is 0 Å². The molecule has 0 saturated heterocycles. The second-order valence-electron chi connectivity index (χ2n) is 6.48. The maximum absolute atomic E-state index is 4.24. The zero-order valence-electron chi connectivity index (χ0n) is 12.7.